The van der Waals surface area contributed by atoms with Crippen LogP contribution in [-0.4, -0.2) is 6.61 Å². The molecular weight excluding hydrogens is 364 g/mol. The van der Waals surface area contributed by atoms with Crippen molar-refractivity contribution in [3.05, 3.63) is 66.7 Å². The van der Waals surface area contributed by atoms with Crippen molar-refractivity contribution in [3.63, 3.8) is 0 Å². The summed E-state index contributed by atoms with van der Waals surface area (Å²) in [7, 11) is 0. The third kappa shape index (κ3) is 2.47. The molecule has 4 aliphatic rings. The summed E-state index contributed by atoms with van der Waals surface area (Å²) in [5, 5.41) is 7.89. The molecular formula is C29H28O. The molecule has 4 bridgehead atoms. The number of fused-ring (bicyclic) bond motifs is 6. The summed E-state index contributed by atoms with van der Waals surface area (Å²) in [6.45, 7) is 0.898. The Morgan fingerprint density at radius 1 is 0.567 bits per heavy atom. The van der Waals surface area contributed by atoms with E-state index in [1.807, 2.05) is 0 Å². The van der Waals surface area contributed by atoms with E-state index in [1.54, 1.807) is 0 Å². The van der Waals surface area contributed by atoms with Crippen LogP contribution in [0.3, 0.4) is 0 Å². The van der Waals surface area contributed by atoms with E-state index in [9.17, 15) is 0 Å². The van der Waals surface area contributed by atoms with E-state index in [4.69, 9.17) is 4.74 Å². The second-order valence-corrected chi connectivity index (χ2v) is 10.2. The largest absolute Gasteiger partial charge is 0.493 e. The monoisotopic (exact) mass is 392 g/mol. The molecule has 4 fully saturated rings. The van der Waals surface area contributed by atoms with Gasteiger partial charge in [0, 0.05) is 5.39 Å². The lowest BCUT2D eigenvalue weighted by atomic mass is 9.52. The maximum Gasteiger partial charge on any atom is 0.127 e. The molecule has 4 aromatic carbocycles. The average Bonchev–Trinajstić information content (AvgIpc) is 2.78. The molecule has 0 unspecified atom stereocenters. The zero-order valence-electron chi connectivity index (χ0n) is 17.4. The average molecular weight is 393 g/mol. The summed E-state index contributed by atoms with van der Waals surface area (Å²) in [6, 6.07) is 24.3. The Hall–Kier alpha value is -2.54. The van der Waals surface area contributed by atoms with Gasteiger partial charge in [0.1, 0.15) is 5.75 Å². The van der Waals surface area contributed by atoms with E-state index >= 15 is 0 Å². The molecule has 1 nitrogen and oxygen atoms in total. The van der Waals surface area contributed by atoms with Crippen LogP contribution >= 0.6 is 0 Å². The molecule has 0 aromatic heterocycles. The van der Waals surface area contributed by atoms with Crippen molar-refractivity contribution >= 4 is 32.3 Å². The molecule has 0 radical (unpaired) electrons. The minimum atomic E-state index is 0.764. The van der Waals surface area contributed by atoms with E-state index in [0.717, 1.165) is 41.9 Å². The van der Waals surface area contributed by atoms with Gasteiger partial charge in [-0.25, -0.2) is 0 Å². The van der Waals surface area contributed by atoms with Crippen LogP contribution in [0.4, 0.5) is 0 Å². The molecule has 8 rings (SSSR count). The summed E-state index contributed by atoms with van der Waals surface area (Å²) in [6.07, 6.45) is 7.37. The summed E-state index contributed by atoms with van der Waals surface area (Å²) in [4.78, 5) is 0. The van der Waals surface area contributed by atoms with Crippen LogP contribution in [0.2, 0.25) is 0 Å². The zero-order chi connectivity index (χ0) is 19.7. The molecule has 30 heavy (non-hydrogen) atoms. The van der Waals surface area contributed by atoms with E-state index in [-0.39, 0.29) is 0 Å². The van der Waals surface area contributed by atoms with E-state index < -0.39 is 0 Å². The Labute approximate surface area is 178 Å². The van der Waals surface area contributed by atoms with Crippen molar-refractivity contribution in [1.29, 1.82) is 0 Å². The summed E-state index contributed by atoms with van der Waals surface area (Å²) in [5.74, 6) is 5.71. The number of benzene rings is 4. The molecule has 4 aliphatic carbocycles. The van der Waals surface area contributed by atoms with Gasteiger partial charge in [-0.2, -0.15) is 0 Å². The highest BCUT2D eigenvalue weighted by Crippen LogP contribution is 2.56. The summed E-state index contributed by atoms with van der Waals surface area (Å²) in [5.41, 5.74) is 0. The van der Waals surface area contributed by atoms with Crippen molar-refractivity contribution in [2.24, 2.45) is 29.6 Å². The Bertz CT molecular complexity index is 1200. The van der Waals surface area contributed by atoms with Gasteiger partial charge in [-0.3, -0.25) is 0 Å². The van der Waals surface area contributed by atoms with Crippen LogP contribution in [0.1, 0.15) is 32.1 Å². The minimum absolute atomic E-state index is 0.764. The first kappa shape index (κ1) is 17.2. The molecule has 0 aliphatic heterocycles. The molecule has 1 heteroatoms. The Morgan fingerprint density at radius 2 is 1.07 bits per heavy atom. The zero-order valence-corrected chi connectivity index (χ0v) is 17.4. The number of ether oxygens (including phenoxy) is 1. The van der Waals surface area contributed by atoms with Crippen LogP contribution in [0.25, 0.3) is 32.3 Å². The predicted octanol–water partition coefficient (Wildman–Crippen LogP) is 7.60. The lowest BCUT2D eigenvalue weighted by Gasteiger charge is -2.54. The Kier molecular flexibility index (Phi) is 3.71. The summed E-state index contributed by atoms with van der Waals surface area (Å²) < 4.78 is 6.70. The quantitative estimate of drug-likeness (QED) is 0.326. The molecule has 0 atom stereocenters. The van der Waals surface area contributed by atoms with Crippen LogP contribution in [0.5, 0.6) is 5.75 Å². The van der Waals surface area contributed by atoms with Gasteiger partial charge in [0.15, 0.2) is 0 Å². The normalized spacial score (nSPS) is 29.8. The Balaban J connectivity index is 1.33. The number of rotatable bonds is 3. The third-order valence-corrected chi connectivity index (χ3v) is 8.58. The standard InChI is InChI=1S/C29H28O/c1-2-7-24-22(6-1)23-8-3-4-9-25(23)29-26(24)10-5-11-28(29)30-17-27-20-13-18-12-19(15-20)16-21(27)14-18/h1-11,18-21,27H,12-17H2. The lowest BCUT2D eigenvalue weighted by molar-refractivity contribution is -0.0527. The molecule has 4 saturated carbocycles. The molecule has 0 heterocycles. The minimum Gasteiger partial charge on any atom is -0.493 e. The predicted molar refractivity (Wildman–Crippen MR) is 125 cm³/mol. The first-order valence-corrected chi connectivity index (χ1v) is 11.8. The molecule has 0 N–H and O–H groups in total. The van der Waals surface area contributed by atoms with Gasteiger partial charge in [-0.15, -0.1) is 0 Å². The number of hydrogen-bond donors (Lipinski definition) is 0. The molecule has 4 aromatic rings. The first-order chi connectivity index (χ1) is 14.8. The first-order valence-electron chi connectivity index (χ1n) is 11.8. The van der Waals surface area contributed by atoms with Gasteiger partial charge in [0.2, 0.25) is 0 Å². The second kappa shape index (κ2) is 6.48. The number of hydrogen-bond acceptors (Lipinski definition) is 1. The maximum atomic E-state index is 6.70. The van der Waals surface area contributed by atoms with Gasteiger partial charge in [-0.05, 0) is 94.7 Å². The van der Waals surface area contributed by atoms with Crippen LogP contribution in [0, 0.1) is 29.6 Å². The highest BCUT2D eigenvalue weighted by atomic mass is 16.5. The van der Waals surface area contributed by atoms with Crippen LogP contribution < -0.4 is 4.74 Å². The third-order valence-electron chi connectivity index (χ3n) is 8.58. The van der Waals surface area contributed by atoms with Gasteiger partial charge in [0.05, 0.1) is 6.61 Å². The molecule has 150 valence electrons. The van der Waals surface area contributed by atoms with E-state index in [0.29, 0.717) is 0 Å². The van der Waals surface area contributed by atoms with Crippen molar-refractivity contribution in [2.75, 3.05) is 6.61 Å². The second-order valence-electron chi connectivity index (χ2n) is 10.2. The van der Waals surface area contributed by atoms with Gasteiger partial charge >= 0.3 is 0 Å². The highest BCUT2D eigenvalue weighted by molar-refractivity contribution is 6.26. The molecule has 0 amide bonds. The molecule has 0 saturated heterocycles. The van der Waals surface area contributed by atoms with E-state index in [1.165, 1.54) is 64.4 Å². The topological polar surface area (TPSA) is 9.23 Å². The lowest BCUT2D eigenvalue weighted by Crippen LogP contribution is -2.47. The highest BCUT2D eigenvalue weighted by Gasteiger charge is 2.48. The smallest absolute Gasteiger partial charge is 0.127 e. The van der Waals surface area contributed by atoms with Gasteiger partial charge in [0.25, 0.3) is 0 Å². The fourth-order valence-electron chi connectivity index (χ4n) is 7.54. The van der Waals surface area contributed by atoms with Crippen molar-refractivity contribution in [1.82, 2.24) is 0 Å². The maximum absolute atomic E-state index is 6.70. The van der Waals surface area contributed by atoms with E-state index in [2.05, 4.69) is 66.7 Å². The van der Waals surface area contributed by atoms with Crippen molar-refractivity contribution < 1.29 is 4.74 Å². The SMILES string of the molecule is c1ccc2c(c1)c1ccccc1c1c(OCC3C4CC5CC(C4)CC3C5)cccc21. The van der Waals surface area contributed by atoms with Gasteiger partial charge < -0.3 is 4.74 Å². The van der Waals surface area contributed by atoms with Gasteiger partial charge in [-0.1, -0.05) is 60.7 Å². The fraction of sp³-hybridized carbons (Fsp3) is 0.379. The molecule has 0 spiro atoms. The summed E-state index contributed by atoms with van der Waals surface area (Å²) >= 11 is 0. The fourth-order valence-corrected chi connectivity index (χ4v) is 7.54. The van der Waals surface area contributed by atoms with Crippen molar-refractivity contribution in [2.45, 2.75) is 32.1 Å². The Morgan fingerprint density at radius 3 is 1.67 bits per heavy atom. The van der Waals surface area contributed by atoms with Crippen molar-refractivity contribution in [3.8, 4) is 5.75 Å². The van der Waals surface area contributed by atoms with Crippen LogP contribution in [-0.2, 0) is 0 Å². The van der Waals surface area contributed by atoms with Crippen LogP contribution in [0.15, 0.2) is 66.7 Å².